The van der Waals surface area contributed by atoms with Crippen LogP contribution in [-0.2, 0) is 16.5 Å². The van der Waals surface area contributed by atoms with Crippen molar-refractivity contribution >= 4 is 10.1 Å². The fourth-order valence-corrected chi connectivity index (χ4v) is 3.98. The van der Waals surface area contributed by atoms with E-state index < -0.39 is 15.4 Å². The van der Waals surface area contributed by atoms with Gasteiger partial charge < -0.3 is 0 Å². The van der Waals surface area contributed by atoms with Gasteiger partial charge in [0, 0.05) is 0 Å². The van der Waals surface area contributed by atoms with E-state index in [1.807, 2.05) is 19.1 Å². The van der Waals surface area contributed by atoms with E-state index in [-0.39, 0.29) is 0 Å². The number of benzene rings is 1. The third kappa shape index (κ3) is 6.09. The Morgan fingerprint density at radius 3 is 1.82 bits per heavy atom. The fourth-order valence-electron chi connectivity index (χ4n) is 3.04. The molecule has 1 atom stereocenters. The van der Waals surface area contributed by atoms with Crippen LogP contribution in [0.25, 0.3) is 0 Å². The molecule has 3 nitrogen and oxygen atoms in total. The molecule has 0 amide bonds. The van der Waals surface area contributed by atoms with Crippen LogP contribution >= 0.6 is 0 Å². The van der Waals surface area contributed by atoms with Gasteiger partial charge in [-0.2, -0.15) is 8.42 Å². The molecule has 0 heterocycles. The van der Waals surface area contributed by atoms with E-state index in [0.29, 0.717) is 18.8 Å². The van der Waals surface area contributed by atoms with Gasteiger partial charge in [-0.3, -0.25) is 4.55 Å². The van der Waals surface area contributed by atoms with Crippen LogP contribution in [0.5, 0.6) is 0 Å². The lowest BCUT2D eigenvalue weighted by Gasteiger charge is -2.17. The zero-order chi connectivity index (χ0) is 16.6. The van der Waals surface area contributed by atoms with E-state index in [4.69, 9.17) is 0 Å². The van der Waals surface area contributed by atoms with Gasteiger partial charge in [-0.25, -0.2) is 0 Å². The molecule has 0 aliphatic heterocycles. The van der Waals surface area contributed by atoms with E-state index in [0.717, 1.165) is 12.0 Å². The van der Waals surface area contributed by atoms with Crippen LogP contribution in [0.1, 0.15) is 76.3 Å². The van der Waals surface area contributed by atoms with Gasteiger partial charge in [0.05, 0.1) is 5.25 Å². The Morgan fingerprint density at radius 1 is 0.909 bits per heavy atom. The second-order valence-corrected chi connectivity index (χ2v) is 7.84. The Kier molecular flexibility index (Phi) is 8.12. The van der Waals surface area contributed by atoms with Gasteiger partial charge in [0.2, 0.25) is 0 Å². The van der Waals surface area contributed by atoms with Crippen LogP contribution in [0, 0.1) is 0 Å². The maximum absolute atomic E-state index is 11.4. The van der Waals surface area contributed by atoms with Gasteiger partial charge in [0.1, 0.15) is 0 Å². The first kappa shape index (κ1) is 19.2. The predicted molar refractivity (Wildman–Crippen MR) is 92.9 cm³/mol. The Bertz CT molecular complexity index is 514. The van der Waals surface area contributed by atoms with Gasteiger partial charge in [-0.1, -0.05) is 64.3 Å². The average Bonchev–Trinajstić information content (AvgIpc) is 2.46. The molecule has 0 spiro atoms. The van der Waals surface area contributed by atoms with Crippen molar-refractivity contribution in [2.75, 3.05) is 0 Å². The summed E-state index contributed by atoms with van der Waals surface area (Å²) in [5.41, 5.74) is 2.32. The summed E-state index contributed by atoms with van der Waals surface area (Å²) in [5.74, 6) is 0.595. The summed E-state index contributed by atoms with van der Waals surface area (Å²) in [5, 5.41) is -0.689. The van der Waals surface area contributed by atoms with Crippen molar-refractivity contribution in [3.05, 3.63) is 35.4 Å². The second-order valence-electron chi connectivity index (χ2n) is 6.15. The van der Waals surface area contributed by atoms with Crippen LogP contribution in [-0.4, -0.2) is 18.2 Å². The van der Waals surface area contributed by atoms with Gasteiger partial charge in [0.25, 0.3) is 10.1 Å². The van der Waals surface area contributed by atoms with Crippen molar-refractivity contribution < 1.29 is 13.0 Å². The van der Waals surface area contributed by atoms with Crippen molar-refractivity contribution in [3.63, 3.8) is 0 Å². The molecule has 0 bridgehead atoms. The molecule has 1 aromatic carbocycles. The summed E-state index contributed by atoms with van der Waals surface area (Å²) in [6, 6.07) is 8.28. The largest absolute Gasteiger partial charge is 0.285 e. The summed E-state index contributed by atoms with van der Waals surface area (Å²) < 4.78 is 32.2. The normalized spacial score (nSPS) is 13.5. The molecular formula is C18H30O3S. The van der Waals surface area contributed by atoms with E-state index in [2.05, 4.69) is 26.0 Å². The van der Waals surface area contributed by atoms with Gasteiger partial charge >= 0.3 is 0 Å². The van der Waals surface area contributed by atoms with Crippen LogP contribution in [0.15, 0.2) is 24.3 Å². The van der Waals surface area contributed by atoms with Gasteiger partial charge in [-0.15, -0.1) is 0 Å². The van der Waals surface area contributed by atoms with E-state index in [9.17, 15) is 13.0 Å². The maximum atomic E-state index is 11.4. The Morgan fingerprint density at radius 2 is 1.41 bits per heavy atom. The summed E-state index contributed by atoms with van der Waals surface area (Å²) in [6.45, 7) is 6.35. The summed E-state index contributed by atoms with van der Waals surface area (Å²) >= 11 is 0. The maximum Gasteiger partial charge on any atom is 0.268 e. The minimum Gasteiger partial charge on any atom is -0.285 e. The van der Waals surface area contributed by atoms with Crippen LogP contribution in [0.4, 0.5) is 0 Å². The van der Waals surface area contributed by atoms with E-state index in [1.54, 1.807) is 0 Å². The predicted octanol–water partition coefficient (Wildman–Crippen LogP) is 4.97. The lowest BCUT2D eigenvalue weighted by molar-refractivity contribution is 0.459. The molecule has 0 aliphatic rings. The Hall–Kier alpha value is -0.870. The topological polar surface area (TPSA) is 54.4 Å². The van der Waals surface area contributed by atoms with Crippen molar-refractivity contribution in [1.29, 1.82) is 0 Å². The van der Waals surface area contributed by atoms with Gasteiger partial charge in [-0.05, 0) is 42.7 Å². The molecular weight excluding hydrogens is 296 g/mol. The first-order valence-electron chi connectivity index (χ1n) is 8.47. The summed E-state index contributed by atoms with van der Waals surface area (Å²) in [4.78, 5) is 0. The summed E-state index contributed by atoms with van der Waals surface area (Å²) in [7, 11) is -3.97. The Labute approximate surface area is 135 Å². The molecule has 0 saturated heterocycles. The zero-order valence-electron chi connectivity index (χ0n) is 14.1. The molecule has 1 rings (SSSR count). The van der Waals surface area contributed by atoms with Crippen molar-refractivity contribution in [2.24, 2.45) is 0 Å². The number of hydrogen-bond acceptors (Lipinski definition) is 2. The first-order valence-corrected chi connectivity index (χ1v) is 9.97. The third-order valence-electron chi connectivity index (χ3n) is 4.22. The SMILES string of the molecule is CCCC(CCC)c1ccc(CC(CCC)S(=O)(=O)O)cc1. The molecule has 1 N–H and O–H groups in total. The molecule has 0 saturated carbocycles. The molecule has 4 heteroatoms. The van der Waals surface area contributed by atoms with Crippen molar-refractivity contribution in [2.45, 2.75) is 76.9 Å². The molecule has 126 valence electrons. The van der Waals surface area contributed by atoms with Crippen LogP contribution < -0.4 is 0 Å². The van der Waals surface area contributed by atoms with Crippen LogP contribution in [0.2, 0.25) is 0 Å². The highest BCUT2D eigenvalue weighted by Crippen LogP contribution is 2.27. The van der Waals surface area contributed by atoms with Gasteiger partial charge in [0.15, 0.2) is 0 Å². The second kappa shape index (κ2) is 9.31. The molecule has 0 aliphatic carbocycles. The highest BCUT2D eigenvalue weighted by molar-refractivity contribution is 7.86. The quantitative estimate of drug-likeness (QED) is 0.618. The smallest absolute Gasteiger partial charge is 0.268 e. The lowest BCUT2D eigenvalue weighted by Crippen LogP contribution is -2.22. The van der Waals surface area contributed by atoms with Crippen LogP contribution in [0.3, 0.4) is 0 Å². The number of hydrogen-bond donors (Lipinski definition) is 1. The molecule has 1 unspecified atom stereocenters. The monoisotopic (exact) mass is 326 g/mol. The lowest BCUT2D eigenvalue weighted by atomic mass is 9.89. The standard InChI is InChI=1S/C18H30O3S/c1-4-7-16(8-5-2)17-12-10-15(11-13-17)14-18(9-6-3)22(19,20)21/h10-13,16,18H,4-9,14H2,1-3H3,(H,19,20,21). The molecule has 0 fully saturated rings. The molecule has 1 aromatic rings. The van der Waals surface area contributed by atoms with Crippen molar-refractivity contribution in [3.8, 4) is 0 Å². The Balaban J connectivity index is 2.82. The first-order chi connectivity index (χ1) is 10.4. The van der Waals surface area contributed by atoms with Crippen molar-refractivity contribution in [1.82, 2.24) is 0 Å². The highest BCUT2D eigenvalue weighted by atomic mass is 32.2. The molecule has 0 radical (unpaired) electrons. The zero-order valence-corrected chi connectivity index (χ0v) is 14.9. The minimum atomic E-state index is -3.97. The van der Waals surface area contributed by atoms with E-state index >= 15 is 0 Å². The number of rotatable bonds is 10. The summed E-state index contributed by atoms with van der Waals surface area (Å²) in [6.07, 6.45) is 6.36. The van der Waals surface area contributed by atoms with E-state index in [1.165, 1.54) is 31.2 Å². The fraction of sp³-hybridized carbons (Fsp3) is 0.667. The molecule has 0 aromatic heterocycles. The molecule has 22 heavy (non-hydrogen) atoms. The third-order valence-corrected chi connectivity index (χ3v) is 5.47. The highest BCUT2D eigenvalue weighted by Gasteiger charge is 2.22. The average molecular weight is 327 g/mol. The minimum absolute atomic E-state index is 0.388.